The average molecular weight is 240 g/mol. The maximum atomic E-state index is 10.6. The van der Waals surface area contributed by atoms with Gasteiger partial charge in [-0.2, -0.15) is 0 Å². The first-order valence-corrected chi connectivity index (χ1v) is 6.55. The van der Waals surface area contributed by atoms with Gasteiger partial charge in [0.15, 0.2) is 0 Å². The molecule has 0 radical (unpaired) electrons. The molecule has 88 valence electrons. The minimum absolute atomic E-state index is 0.237. The van der Waals surface area contributed by atoms with Crippen molar-refractivity contribution < 1.29 is 4.79 Å². The van der Waals surface area contributed by atoms with E-state index in [1.807, 2.05) is 0 Å². The summed E-state index contributed by atoms with van der Waals surface area (Å²) in [5, 5.41) is 7.59. The van der Waals surface area contributed by atoms with Gasteiger partial charge in [0.1, 0.15) is 5.82 Å². The highest BCUT2D eigenvalue weighted by Crippen LogP contribution is 2.27. The summed E-state index contributed by atoms with van der Waals surface area (Å²) < 4.78 is 0. The molecule has 1 aliphatic rings. The highest BCUT2D eigenvalue weighted by atomic mass is 32.2. The summed E-state index contributed by atoms with van der Waals surface area (Å²) >= 11 is 1.28. The number of primary amides is 1. The SMILES string of the molecule is NC(=O)CSc1n[nH]c(CC2CCCC2)n1. The van der Waals surface area contributed by atoms with Crippen molar-refractivity contribution in [3.8, 4) is 0 Å². The van der Waals surface area contributed by atoms with Gasteiger partial charge in [0.05, 0.1) is 5.75 Å². The van der Waals surface area contributed by atoms with Gasteiger partial charge in [-0.05, 0) is 5.92 Å². The Kier molecular flexibility index (Phi) is 3.82. The number of aromatic amines is 1. The van der Waals surface area contributed by atoms with Crippen molar-refractivity contribution in [2.75, 3.05) is 5.75 Å². The number of nitrogens with two attached hydrogens (primary N) is 1. The summed E-state index contributed by atoms with van der Waals surface area (Å²) in [6.45, 7) is 0. The van der Waals surface area contributed by atoms with Crippen molar-refractivity contribution in [2.45, 2.75) is 37.3 Å². The number of nitrogens with one attached hydrogen (secondary N) is 1. The summed E-state index contributed by atoms with van der Waals surface area (Å²) in [6.07, 6.45) is 6.24. The second-order valence-electron chi connectivity index (χ2n) is 4.17. The van der Waals surface area contributed by atoms with Gasteiger partial charge < -0.3 is 5.73 Å². The van der Waals surface area contributed by atoms with E-state index in [0.717, 1.165) is 18.2 Å². The van der Waals surface area contributed by atoms with Crippen molar-refractivity contribution in [2.24, 2.45) is 11.7 Å². The van der Waals surface area contributed by atoms with Gasteiger partial charge in [-0.15, -0.1) is 5.10 Å². The molecule has 5 nitrogen and oxygen atoms in total. The monoisotopic (exact) mass is 240 g/mol. The molecule has 3 N–H and O–H groups in total. The molecule has 0 aliphatic heterocycles. The van der Waals surface area contributed by atoms with Gasteiger partial charge >= 0.3 is 0 Å². The molecule has 1 aromatic heterocycles. The van der Waals surface area contributed by atoms with Crippen LogP contribution in [0.5, 0.6) is 0 Å². The van der Waals surface area contributed by atoms with Crippen molar-refractivity contribution >= 4 is 17.7 Å². The summed E-state index contributed by atoms with van der Waals surface area (Å²) in [7, 11) is 0. The molecule has 0 saturated heterocycles. The summed E-state index contributed by atoms with van der Waals surface area (Å²) in [6, 6.07) is 0. The number of hydrogen-bond acceptors (Lipinski definition) is 4. The summed E-state index contributed by atoms with van der Waals surface area (Å²) in [5.74, 6) is 1.58. The second kappa shape index (κ2) is 5.34. The van der Waals surface area contributed by atoms with Crippen molar-refractivity contribution in [3.05, 3.63) is 5.82 Å². The van der Waals surface area contributed by atoms with Crippen LogP contribution in [0.2, 0.25) is 0 Å². The van der Waals surface area contributed by atoms with Gasteiger partial charge in [0.2, 0.25) is 11.1 Å². The zero-order valence-corrected chi connectivity index (χ0v) is 9.92. The third-order valence-corrected chi connectivity index (χ3v) is 3.68. The van der Waals surface area contributed by atoms with E-state index < -0.39 is 0 Å². The normalized spacial score (nSPS) is 16.8. The van der Waals surface area contributed by atoms with Gasteiger partial charge in [-0.1, -0.05) is 37.4 Å². The van der Waals surface area contributed by atoms with Crippen LogP contribution in [-0.4, -0.2) is 26.8 Å². The van der Waals surface area contributed by atoms with Gasteiger partial charge in [-0.25, -0.2) is 4.98 Å². The zero-order chi connectivity index (χ0) is 11.4. The molecule has 1 heterocycles. The molecule has 6 heteroatoms. The molecule has 1 aromatic rings. The smallest absolute Gasteiger partial charge is 0.227 e. The first kappa shape index (κ1) is 11.4. The van der Waals surface area contributed by atoms with Crippen LogP contribution in [-0.2, 0) is 11.2 Å². The molecule has 0 unspecified atom stereocenters. The Morgan fingerprint density at radius 3 is 2.94 bits per heavy atom. The number of H-pyrrole nitrogens is 1. The fraction of sp³-hybridized carbons (Fsp3) is 0.700. The largest absolute Gasteiger partial charge is 0.369 e. The quantitative estimate of drug-likeness (QED) is 0.755. The minimum Gasteiger partial charge on any atom is -0.369 e. The molecule has 1 aliphatic carbocycles. The predicted molar refractivity (Wildman–Crippen MR) is 62.0 cm³/mol. The molecule has 0 bridgehead atoms. The van der Waals surface area contributed by atoms with Gasteiger partial charge in [0, 0.05) is 6.42 Å². The molecule has 0 atom stereocenters. The Balaban J connectivity index is 1.84. The van der Waals surface area contributed by atoms with E-state index in [2.05, 4.69) is 15.2 Å². The first-order chi connectivity index (χ1) is 7.74. The van der Waals surface area contributed by atoms with E-state index in [4.69, 9.17) is 5.73 Å². The zero-order valence-electron chi connectivity index (χ0n) is 9.11. The highest BCUT2D eigenvalue weighted by Gasteiger charge is 2.17. The molecule has 2 rings (SSSR count). The number of hydrogen-bond donors (Lipinski definition) is 2. The number of nitrogens with zero attached hydrogens (tertiary/aromatic N) is 2. The first-order valence-electron chi connectivity index (χ1n) is 5.56. The van der Waals surface area contributed by atoms with E-state index in [9.17, 15) is 4.79 Å². The number of thioether (sulfide) groups is 1. The van der Waals surface area contributed by atoms with Crippen molar-refractivity contribution in [1.29, 1.82) is 0 Å². The van der Waals surface area contributed by atoms with Crippen LogP contribution in [0.3, 0.4) is 0 Å². The number of carbonyl (C=O) groups excluding carboxylic acids is 1. The number of carbonyl (C=O) groups is 1. The lowest BCUT2D eigenvalue weighted by Crippen LogP contribution is -2.13. The fourth-order valence-corrected chi connectivity index (χ4v) is 2.61. The molecular weight excluding hydrogens is 224 g/mol. The number of amides is 1. The van der Waals surface area contributed by atoms with Crippen LogP contribution >= 0.6 is 11.8 Å². The Bertz CT molecular complexity index is 359. The fourth-order valence-electron chi connectivity index (χ4n) is 2.06. The van der Waals surface area contributed by atoms with Crippen molar-refractivity contribution in [1.82, 2.24) is 15.2 Å². The number of rotatable bonds is 5. The van der Waals surface area contributed by atoms with E-state index >= 15 is 0 Å². The van der Waals surface area contributed by atoms with E-state index in [0.29, 0.717) is 5.16 Å². The number of aromatic nitrogens is 3. The molecule has 1 saturated carbocycles. The van der Waals surface area contributed by atoms with Crippen LogP contribution in [0.4, 0.5) is 0 Å². The van der Waals surface area contributed by atoms with Crippen LogP contribution < -0.4 is 5.73 Å². The third kappa shape index (κ3) is 3.23. The highest BCUT2D eigenvalue weighted by molar-refractivity contribution is 7.99. The van der Waals surface area contributed by atoms with Crippen LogP contribution in [0.15, 0.2) is 5.16 Å². The lowest BCUT2D eigenvalue weighted by atomic mass is 10.0. The Labute approximate surface area is 98.6 Å². The lowest BCUT2D eigenvalue weighted by Gasteiger charge is -2.03. The topological polar surface area (TPSA) is 84.7 Å². The lowest BCUT2D eigenvalue weighted by molar-refractivity contribution is -0.115. The predicted octanol–water partition coefficient (Wildman–Crippen LogP) is 1.11. The van der Waals surface area contributed by atoms with E-state index in [1.54, 1.807) is 0 Å². The van der Waals surface area contributed by atoms with Crippen molar-refractivity contribution in [3.63, 3.8) is 0 Å². The summed E-state index contributed by atoms with van der Waals surface area (Å²) in [5.41, 5.74) is 5.05. The standard InChI is InChI=1S/C10H16N4OS/c11-8(15)6-16-10-12-9(13-14-10)5-7-3-1-2-4-7/h7H,1-6H2,(H2,11,15)(H,12,13,14). The molecule has 16 heavy (non-hydrogen) atoms. The third-order valence-electron chi connectivity index (χ3n) is 2.81. The molecular formula is C10H16N4OS. The maximum absolute atomic E-state index is 10.6. The Morgan fingerprint density at radius 1 is 1.50 bits per heavy atom. The Hall–Kier alpha value is -1.04. The van der Waals surface area contributed by atoms with Gasteiger partial charge in [-0.3, -0.25) is 9.89 Å². The second-order valence-corrected chi connectivity index (χ2v) is 5.12. The van der Waals surface area contributed by atoms with Gasteiger partial charge in [0.25, 0.3) is 0 Å². The molecule has 0 aromatic carbocycles. The Morgan fingerprint density at radius 2 is 2.25 bits per heavy atom. The van der Waals surface area contributed by atoms with Crippen LogP contribution in [0.25, 0.3) is 0 Å². The molecule has 0 spiro atoms. The molecule has 1 amide bonds. The van der Waals surface area contributed by atoms with E-state index in [-0.39, 0.29) is 11.7 Å². The summed E-state index contributed by atoms with van der Waals surface area (Å²) in [4.78, 5) is 14.9. The van der Waals surface area contributed by atoms with Crippen LogP contribution in [0, 0.1) is 5.92 Å². The molecule has 1 fully saturated rings. The average Bonchev–Trinajstić information content (AvgIpc) is 2.87. The maximum Gasteiger partial charge on any atom is 0.227 e. The van der Waals surface area contributed by atoms with E-state index in [1.165, 1.54) is 37.4 Å². The van der Waals surface area contributed by atoms with Crippen LogP contribution in [0.1, 0.15) is 31.5 Å². The minimum atomic E-state index is -0.341.